The van der Waals surface area contributed by atoms with Gasteiger partial charge in [-0.15, -0.1) is 11.8 Å². The summed E-state index contributed by atoms with van der Waals surface area (Å²) in [6, 6.07) is 20.7. The molecule has 7 heteroatoms. The maximum absolute atomic E-state index is 12.3. The van der Waals surface area contributed by atoms with Gasteiger partial charge in [0.15, 0.2) is 5.76 Å². The van der Waals surface area contributed by atoms with Crippen LogP contribution in [0.25, 0.3) is 10.9 Å². The maximum Gasteiger partial charge on any atom is 0.305 e. The average molecular weight is 391 g/mol. The molecule has 28 heavy (non-hydrogen) atoms. The zero-order valence-corrected chi connectivity index (χ0v) is 15.6. The van der Waals surface area contributed by atoms with Gasteiger partial charge in [-0.25, -0.2) is 0 Å². The highest BCUT2D eigenvalue weighted by Gasteiger charge is 2.15. The largest absolute Gasteiger partial charge is 0.455 e. The van der Waals surface area contributed by atoms with Crippen LogP contribution in [0.5, 0.6) is 0 Å². The molecule has 0 aliphatic heterocycles. The number of nitrogens with one attached hydrogen (secondary N) is 3. The van der Waals surface area contributed by atoms with E-state index in [9.17, 15) is 9.59 Å². The molecule has 3 N–H and O–H groups in total. The Morgan fingerprint density at radius 1 is 0.893 bits per heavy atom. The number of thioether (sulfide) groups is 1. The van der Waals surface area contributed by atoms with Gasteiger partial charge in [0.05, 0.1) is 11.3 Å². The molecule has 0 unspecified atom stereocenters. The van der Waals surface area contributed by atoms with Crippen molar-refractivity contribution in [2.24, 2.45) is 0 Å². The van der Waals surface area contributed by atoms with Crippen molar-refractivity contribution in [1.82, 2.24) is 15.8 Å². The Hall–Kier alpha value is -3.45. The molecular weight excluding hydrogens is 374 g/mol. The van der Waals surface area contributed by atoms with E-state index in [0.717, 1.165) is 15.8 Å². The van der Waals surface area contributed by atoms with Crippen molar-refractivity contribution in [2.45, 2.75) is 10.6 Å². The van der Waals surface area contributed by atoms with E-state index in [2.05, 4.69) is 15.8 Å². The fourth-order valence-electron chi connectivity index (χ4n) is 2.75. The van der Waals surface area contributed by atoms with E-state index in [1.165, 1.54) is 0 Å². The molecule has 2 aromatic carbocycles. The predicted octanol–water partition coefficient (Wildman–Crippen LogP) is 4.13. The Labute approximate surface area is 165 Å². The van der Waals surface area contributed by atoms with Crippen molar-refractivity contribution in [3.05, 3.63) is 90.0 Å². The zero-order valence-electron chi connectivity index (χ0n) is 14.8. The number of hydrogen-bond donors (Lipinski definition) is 3. The van der Waals surface area contributed by atoms with Gasteiger partial charge in [0.2, 0.25) is 0 Å². The van der Waals surface area contributed by atoms with Gasteiger partial charge in [0.1, 0.15) is 5.76 Å². The lowest BCUT2D eigenvalue weighted by molar-refractivity contribution is 0.0831. The smallest absolute Gasteiger partial charge is 0.305 e. The zero-order chi connectivity index (χ0) is 19.3. The first-order valence-corrected chi connectivity index (χ1v) is 9.62. The molecule has 0 aliphatic rings. The van der Waals surface area contributed by atoms with E-state index in [0.29, 0.717) is 17.1 Å². The standard InChI is InChI=1S/C21H17N3O3S/c25-20(17-12-22-18-9-5-4-8-16(17)18)23-24-21(26)19-11-10-14(27-19)13-28-15-6-2-1-3-7-15/h1-12,22H,13H2,(H,23,25)(H,24,26). The number of carbonyl (C=O) groups is 2. The third-order valence-electron chi connectivity index (χ3n) is 4.13. The summed E-state index contributed by atoms with van der Waals surface area (Å²) in [7, 11) is 0. The van der Waals surface area contributed by atoms with Gasteiger partial charge in [0.25, 0.3) is 5.91 Å². The van der Waals surface area contributed by atoms with Gasteiger partial charge >= 0.3 is 5.91 Å². The SMILES string of the molecule is O=C(NNC(=O)c1c[nH]c2ccccc12)c1ccc(CSc2ccccc2)o1. The Balaban J connectivity index is 1.34. The van der Waals surface area contributed by atoms with Crippen LogP contribution in [0.15, 0.2) is 82.2 Å². The van der Waals surface area contributed by atoms with Crippen molar-refractivity contribution >= 4 is 34.5 Å². The highest BCUT2D eigenvalue weighted by molar-refractivity contribution is 7.98. The summed E-state index contributed by atoms with van der Waals surface area (Å²) in [4.78, 5) is 28.7. The minimum Gasteiger partial charge on any atom is -0.455 e. The number of amides is 2. The summed E-state index contributed by atoms with van der Waals surface area (Å²) >= 11 is 1.62. The number of fused-ring (bicyclic) bond motifs is 1. The van der Waals surface area contributed by atoms with E-state index in [-0.39, 0.29) is 5.76 Å². The number of hydrazine groups is 1. The number of benzene rings is 2. The number of H-pyrrole nitrogens is 1. The first-order chi connectivity index (χ1) is 13.7. The molecule has 2 amide bonds. The number of aromatic nitrogens is 1. The van der Waals surface area contributed by atoms with Crippen LogP contribution in [-0.2, 0) is 5.75 Å². The Morgan fingerprint density at radius 3 is 2.50 bits per heavy atom. The second-order valence-electron chi connectivity index (χ2n) is 6.02. The van der Waals surface area contributed by atoms with Gasteiger partial charge in [0, 0.05) is 22.0 Å². The van der Waals surface area contributed by atoms with Crippen molar-refractivity contribution in [3.63, 3.8) is 0 Å². The molecule has 0 radical (unpaired) electrons. The number of para-hydroxylation sites is 1. The van der Waals surface area contributed by atoms with Gasteiger partial charge in [-0.1, -0.05) is 36.4 Å². The van der Waals surface area contributed by atoms with E-state index >= 15 is 0 Å². The maximum atomic E-state index is 12.3. The fourth-order valence-corrected chi connectivity index (χ4v) is 3.56. The molecule has 0 bridgehead atoms. The van der Waals surface area contributed by atoms with Crippen molar-refractivity contribution in [1.29, 1.82) is 0 Å². The van der Waals surface area contributed by atoms with Crippen LogP contribution in [0.4, 0.5) is 0 Å². The highest BCUT2D eigenvalue weighted by Crippen LogP contribution is 2.23. The van der Waals surface area contributed by atoms with E-state index in [1.807, 2.05) is 54.6 Å². The van der Waals surface area contributed by atoms with Crippen molar-refractivity contribution in [2.75, 3.05) is 0 Å². The first kappa shape index (κ1) is 17.9. The molecule has 0 atom stereocenters. The second-order valence-corrected chi connectivity index (χ2v) is 7.07. The van der Waals surface area contributed by atoms with Crippen LogP contribution in [0.1, 0.15) is 26.7 Å². The number of aromatic amines is 1. The lowest BCUT2D eigenvalue weighted by Crippen LogP contribution is -2.41. The Bertz CT molecular complexity index is 1120. The minimum absolute atomic E-state index is 0.142. The van der Waals surface area contributed by atoms with Gasteiger partial charge in [-0.3, -0.25) is 20.4 Å². The van der Waals surface area contributed by atoms with Gasteiger partial charge in [-0.05, 0) is 30.3 Å². The van der Waals surface area contributed by atoms with Crippen molar-refractivity contribution < 1.29 is 14.0 Å². The van der Waals surface area contributed by atoms with Crippen LogP contribution >= 0.6 is 11.8 Å². The monoisotopic (exact) mass is 391 g/mol. The summed E-state index contributed by atoms with van der Waals surface area (Å²) < 4.78 is 5.57. The third-order valence-corrected chi connectivity index (χ3v) is 5.17. The van der Waals surface area contributed by atoms with Crippen LogP contribution in [-0.4, -0.2) is 16.8 Å². The average Bonchev–Trinajstić information content (AvgIpc) is 3.38. The molecule has 0 spiro atoms. The number of hydrogen-bond acceptors (Lipinski definition) is 4. The quantitative estimate of drug-likeness (QED) is 0.353. The molecule has 6 nitrogen and oxygen atoms in total. The molecule has 0 aliphatic carbocycles. The molecule has 4 rings (SSSR count). The summed E-state index contributed by atoms with van der Waals surface area (Å²) in [6.45, 7) is 0. The molecular formula is C21H17N3O3S. The normalized spacial score (nSPS) is 10.7. The summed E-state index contributed by atoms with van der Waals surface area (Å²) in [5.41, 5.74) is 6.11. The van der Waals surface area contributed by atoms with Crippen molar-refractivity contribution in [3.8, 4) is 0 Å². The lowest BCUT2D eigenvalue weighted by Gasteiger charge is -2.05. The second kappa shape index (κ2) is 8.06. The number of furan rings is 1. The molecule has 4 aromatic rings. The Morgan fingerprint density at radius 2 is 1.64 bits per heavy atom. The molecule has 0 fully saturated rings. The van der Waals surface area contributed by atoms with E-state index in [4.69, 9.17) is 4.42 Å². The first-order valence-electron chi connectivity index (χ1n) is 8.64. The molecule has 2 aromatic heterocycles. The molecule has 140 valence electrons. The van der Waals surface area contributed by atoms with Crippen LogP contribution in [0, 0.1) is 0 Å². The molecule has 0 saturated heterocycles. The summed E-state index contributed by atoms with van der Waals surface area (Å²) in [6.07, 6.45) is 1.61. The predicted molar refractivity (Wildman–Crippen MR) is 108 cm³/mol. The number of rotatable bonds is 5. The highest BCUT2D eigenvalue weighted by atomic mass is 32.2. The van der Waals surface area contributed by atoms with Gasteiger partial charge < -0.3 is 9.40 Å². The van der Waals surface area contributed by atoms with Crippen LogP contribution in [0.2, 0.25) is 0 Å². The summed E-state index contributed by atoms with van der Waals surface area (Å²) in [5, 5.41) is 0.785. The lowest BCUT2D eigenvalue weighted by atomic mass is 10.2. The fraction of sp³-hybridized carbons (Fsp3) is 0.0476. The van der Waals surface area contributed by atoms with Crippen LogP contribution in [0.3, 0.4) is 0 Å². The molecule has 2 heterocycles. The Kier molecular flexibility index (Phi) is 5.16. The van der Waals surface area contributed by atoms with Crippen LogP contribution < -0.4 is 10.9 Å². The van der Waals surface area contributed by atoms with E-state index in [1.54, 1.807) is 30.1 Å². The molecule has 0 saturated carbocycles. The minimum atomic E-state index is -0.510. The van der Waals surface area contributed by atoms with E-state index < -0.39 is 11.8 Å². The third kappa shape index (κ3) is 3.94. The topological polar surface area (TPSA) is 87.1 Å². The van der Waals surface area contributed by atoms with Gasteiger partial charge in [-0.2, -0.15) is 0 Å². The summed E-state index contributed by atoms with van der Waals surface area (Å²) in [5.74, 6) is 0.519. The number of carbonyl (C=O) groups excluding carboxylic acids is 2.